The van der Waals surface area contributed by atoms with Gasteiger partial charge in [0, 0.05) is 19.4 Å². The van der Waals surface area contributed by atoms with Crippen LogP contribution in [0.3, 0.4) is 0 Å². The van der Waals surface area contributed by atoms with Gasteiger partial charge in [-0.3, -0.25) is 9.78 Å². The summed E-state index contributed by atoms with van der Waals surface area (Å²) in [6.07, 6.45) is 5.77. The molecule has 1 aromatic rings. The van der Waals surface area contributed by atoms with Crippen molar-refractivity contribution in [3.05, 3.63) is 30.1 Å². The summed E-state index contributed by atoms with van der Waals surface area (Å²) in [6.45, 7) is 7.33. The van der Waals surface area contributed by atoms with E-state index in [4.69, 9.17) is 0 Å². The third-order valence-corrected chi connectivity index (χ3v) is 4.49. The number of rotatable bonds is 3. The van der Waals surface area contributed by atoms with E-state index < -0.39 is 0 Å². The van der Waals surface area contributed by atoms with Crippen molar-refractivity contribution < 1.29 is 4.79 Å². The van der Waals surface area contributed by atoms with E-state index in [1.165, 1.54) is 0 Å². The van der Waals surface area contributed by atoms with Crippen LogP contribution >= 0.6 is 0 Å². The second-order valence-corrected chi connectivity index (χ2v) is 6.38. The molecular formula is C16H25N3O. The monoisotopic (exact) mass is 275 g/mol. The van der Waals surface area contributed by atoms with E-state index in [0.717, 1.165) is 24.9 Å². The Hall–Kier alpha value is -1.42. The van der Waals surface area contributed by atoms with Gasteiger partial charge in [0.1, 0.15) is 0 Å². The fourth-order valence-electron chi connectivity index (χ4n) is 2.89. The number of amides is 1. The van der Waals surface area contributed by atoms with Gasteiger partial charge in [-0.15, -0.1) is 0 Å². The first-order valence-corrected chi connectivity index (χ1v) is 7.33. The largest absolute Gasteiger partial charge is 0.338 e. The van der Waals surface area contributed by atoms with Gasteiger partial charge in [0.25, 0.3) is 0 Å². The van der Waals surface area contributed by atoms with E-state index in [1.54, 1.807) is 12.4 Å². The second-order valence-electron chi connectivity index (χ2n) is 6.38. The Balaban J connectivity index is 2.12. The summed E-state index contributed by atoms with van der Waals surface area (Å²) in [5.41, 5.74) is 1.13. The number of aromatic nitrogens is 1. The summed E-state index contributed by atoms with van der Waals surface area (Å²) >= 11 is 0. The highest BCUT2D eigenvalue weighted by molar-refractivity contribution is 5.83. The van der Waals surface area contributed by atoms with Crippen molar-refractivity contribution in [1.82, 2.24) is 15.2 Å². The third-order valence-electron chi connectivity index (χ3n) is 4.49. The molecule has 2 rings (SSSR count). The molecule has 4 heteroatoms. The van der Waals surface area contributed by atoms with Crippen LogP contribution in [0.4, 0.5) is 0 Å². The van der Waals surface area contributed by atoms with Crippen LogP contribution in [0.1, 0.15) is 45.2 Å². The minimum Gasteiger partial charge on any atom is -0.338 e. The smallest absolute Gasteiger partial charge is 0.240 e. The van der Waals surface area contributed by atoms with Gasteiger partial charge in [-0.05, 0) is 49.4 Å². The van der Waals surface area contributed by atoms with Gasteiger partial charge in [-0.1, -0.05) is 13.8 Å². The standard InChI is InChI=1S/C16H25N3O/c1-12(13-6-10-17-11-7-13)19(4)15(20)14-16(2,3)8-5-9-18-14/h6-7,10-12,14,18H,5,8-9H2,1-4H3. The minimum absolute atomic E-state index is 0.0154. The molecule has 1 aromatic heterocycles. The average Bonchev–Trinajstić information content (AvgIpc) is 2.45. The van der Waals surface area contributed by atoms with Gasteiger partial charge in [-0.25, -0.2) is 0 Å². The Labute approximate surface area is 121 Å². The van der Waals surface area contributed by atoms with Crippen molar-refractivity contribution in [2.75, 3.05) is 13.6 Å². The number of likely N-dealkylation sites (N-methyl/N-ethyl adjacent to an activating group) is 1. The first kappa shape index (κ1) is 15.0. The van der Waals surface area contributed by atoms with Crippen molar-refractivity contribution in [3.63, 3.8) is 0 Å². The molecule has 0 radical (unpaired) electrons. The van der Waals surface area contributed by atoms with E-state index >= 15 is 0 Å². The summed E-state index contributed by atoms with van der Waals surface area (Å²) < 4.78 is 0. The van der Waals surface area contributed by atoms with Gasteiger partial charge < -0.3 is 10.2 Å². The van der Waals surface area contributed by atoms with Crippen LogP contribution in [0, 0.1) is 5.41 Å². The van der Waals surface area contributed by atoms with Crippen molar-refractivity contribution in [1.29, 1.82) is 0 Å². The Morgan fingerprint density at radius 2 is 2.10 bits per heavy atom. The van der Waals surface area contributed by atoms with Crippen LogP contribution in [-0.4, -0.2) is 35.4 Å². The number of pyridine rings is 1. The molecule has 2 unspecified atom stereocenters. The summed E-state index contributed by atoms with van der Waals surface area (Å²) in [5.74, 6) is 0.180. The molecule has 2 atom stereocenters. The summed E-state index contributed by atoms with van der Waals surface area (Å²) in [7, 11) is 1.89. The molecule has 1 fully saturated rings. The van der Waals surface area contributed by atoms with E-state index in [0.29, 0.717) is 0 Å². The van der Waals surface area contributed by atoms with Gasteiger partial charge in [-0.2, -0.15) is 0 Å². The van der Waals surface area contributed by atoms with E-state index in [-0.39, 0.29) is 23.4 Å². The lowest BCUT2D eigenvalue weighted by Gasteiger charge is -2.41. The number of nitrogens with one attached hydrogen (secondary N) is 1. The normalized spacial score (nSPS) is 23.1. The molecule has 0 bridgehead atoms. The number of piperidine rings is 1. The van der Waals surface area contributed by atoms with E-state index in [2.05, 4.69) is 31.1 Å². The number of carbonyl (C=O) groups excluding carboxylic acids is 1. The molecule has 0 spiro atoms. The molecular weight excluding hydrogens is 250 g/mol. The Morgan fingerprint density at radius 1 is 1.45 bits per heavy atom. The zero-order valence-electron chi connectivity index (χ0n) is 12.9. The van der Waals surface area contributed by atoms with Crippen LogP contribution in [0.2, 0.25) is 0 Å². The quantitative estimate of drug-likeness (QED) is 0.921. The molecule has 0 saturated carbocycles. The lowest BCUT2D eigenvalue weighted by molar-refractivity contribution is -0.138. The van der Waals surface area contributed by atoms with Gasteiger partial charge in [0.2, 0.25) is 5.91 Å². The predicted octanol–water partition coefficient (Wildman–Crippen LogP) is 2.38. The fraction of sp³-hybridized carbons (Fsp3) is 0.625. The maximum Gasteiger partial charge on any atom is 0.240 e. The lowest BCUT2D eigenvalue weighted by atomic mass is 9.77. The fourth-order valence-corrected chi connectivity index (χ4v) is 2.89. The van der Waals surface area contributed by atoms with Crippen molar-refractivity contribution in [2.24, 2.45) is 5.41 Å². The molecule has 1 aliphatic rings. The summed E-state index contributed by atoms with van der Waals surface area (Å²) in [4.78, 5) is 18.7. The average molecular weight is 275 g/mol. The van der Waals surface area contributed by atoms with Crippen LogP contribution in [0.5, 0.6) is 0 Å². The zero-order valence-corrected chi connectivity index (χ0v) is 12.9. The number of carbonyl (C=O) groups is 1. The molecule has 0 aliphatic carbocycles. The third kappa shape index (κ3) is 3.01. The summed E-state index contributed by atoms with van der Waals surface area (Å²) in [6, 6.07) is 3.90. The van der Waals surface area contributed by atoms with Crippen LogP contribution in [0.25, 0.3) is 0 Å². The molecule has 110 valence electrons. The second kappa shape index (κ2) is 5.92. The van der Waals surface area contributed by atoms with Crippen LogP contribution in [-0.2, 0) is 4.79 Å². The predicted molar refractivity (Wildman–Crippen MR) is 80.2 cm³/mol. The van der Waals surface area contributed by atoms with Gasteiger partial charge in [0.05, 0.1) is 12.1 Å². The van der Waals surface area contributed by atoms with Crippen LogP contribution in [0.15, 0.2) is 24.5 Å². The number of nitrogens with zero attached hydrogens (tertiary/aromatic N) is 2. The first-order chi connectivity index (χ1) is 9.43. The molecule has 1 amide bonds. The molecule has 1 aliphatic heterocycles. The molecule has 0 aromatic carbocycles. The minimum atomic E-state index is -0.0921. The maximum absolute atomic E-state index is 12.8. The highest BCUT2D eigenvalue weighted by Gasteiger charge is 2.39. The number of hydrogen-bond donors (Lipinski definition) is 1. The molecule has 20 heavy (non-hydrogen) atoms. The highest BCUT2D eigenvalue weighted by Crippen LogP contribution is 2.32. The van der Waals surface area contributed by atoms with Crippen molar-refractivity contribution >= 4 is 5.91 Å². The highest BCUT2D eigenvalue weighted by atomic mass is 16.2. The Morgan fingerprint density at radius 3 is 2.70 bits per heavy atom. The van der Waals surface area contributed by atoms with Crippen LogP contribution < -0.4 is 5.32 Å². The maximum atomic E-state index is 12.8. The number of hydrogen-bond acceptors (Lipinski definition) is 3. The summed E-state index contributed by atoms with van der Waals surface area (Å²) in [5, 5.41) is 3.39. The molecule has 1 saturated heterocycles. The molecule has 2 heterocycles. The van der Waals surface area contributed by atoms with Crippen molar-refractivity contribution in [3.8, 4) is 0 Å². The first-order valence-electron chi connectivity index (χ1n) is 7.33. The molecule has 4 nitrogen and oxygen atoms in total. The Kier molecular flexibility index (Phi) is 4.43. The van der Waals surface area contributed by atoms with E-state index in [9.17, 15) is 4.79 Å². The van der Waals surface area contributed by atoms with Gasteiger partial charge in [0.15, 0.2) is 0 Å². The van der Waals surface area contributed by atoms with Gasteiger partial charge >= 0.3 is 0 Å². The zero-order chi connectivity index (χ0) is 14.8. The SMILES string of the molecule is CC(c1ccncc1)N(C)C(=O)C1NCCCC1(C)C. The topological polar surface area (TPSA) is 45.2 Å². The van der Waals surface area contributed by atoms with E-state index in [1.807, 2.05) is 24.1 Å². The van der Waals surface area contributed by atoms with Crippen molar-refractivity contribution in [2.45, 2.75) is 45.7 Å². The Bertz CT molecular complexity index is 458. The lowest BCUT2D eigenvalue weighted by Crippen LogP contribution is -2.56. The molecule has 1 N–H and O–H groups in total.